The molecular formula is C25H31N3O3. The Hall–Kier alpha value is -2.20. The van der Waals surface area contributed by atoms with E-state index in [9.17, 15) is 0 Å². The highest BCUT2D eigenvalue weighted by atomic mass is 16.7. The first-order chi connectivity index (χ1) is 14.9. The molecule has 2 aliphatic carbocycles. The Morgan fingerprint density at radius 2 is 1.97 bits per heavy atom. The number of aromatic nitrogens is 3. The Morgan fingerprint density at radius 3 is 2.68 bits per heavy atom. The molecule has 3 aliphatic rings. The van der Waals surface area contributed by atoms with Crippen LogP contribution in [0.3, 0.4) is 0 Å². The molecule has 1 aliphatic heterocycles. The summed E-state index contributed by atoms with van der Waals surface area (Å²) < 4.78 is 19.9. The fourth-order valence-electron chi connectivity index (χ4n) is 3.62. The topological polar surface area (TPSA) is 58.4 Å². The maximum Gasteiger partial charge on any atom is 0.177 e. The first kappa shape index (κ1) is 20.7. The fraction of sp³-hybridized carbons (Fsp3) is 0.600. The number of hydrogen-bond donors (Lipinski definition) is 0. The number of ether oxygens (including phenoxy) is 3. The zero-order valence-corrected chi connectivity index (χ0v) is 18.6. The quantitative estimate of drug-likeness (QED) is 0.660. The van der Waals surface area contributed by atoms with Gasteiger partial charge in [-0.15, -0.1) is 5.10 Å². The molecule has 1 atom stereocenters. The van der Waals surface area contributed by atoms with E-state index < -0.39 is 0 Å². The van der Waals surface area contributed by atoms with Crippen molar-refractivity contribution in [3.8, 4) is 11.8 Å². The first-order valence-corrected chi connectivity index (χ1v) is 11.4. The van der Waals surface area contributed by atoms with Crippen molar-refractivity contribution in [2.45, 2.75) is 71.5 Å². The van der Waals surface area contributed by atoms with E-state index in [0.29, 0.717) is 31.8 Å². The second kappa shape index (κ2) is 8.38. The van der Waals surface area contributed by atoms with Crippen LogP contribution in [0.5, 0.6) is 0 Å². The SMILES string of the molecule is Cc1ccc(C#CC2CC2)cc1C(OC1CC1)c1cn(CC2OCC(C)(C)CO2)nn1. The molecule has 6 heteroatoms. The molecule has 0 amide bonds. The van der Waals surface area contributed by atoms with Crippen molar-refractivity contribution in [2.24, 2.45) is 11.3 Å². The summed E-state index contributed by atoms with van der Waals surface area (Å²) in [5.41, 5.74) is 4.21. The van der Waals surface area contributed by atoms with Crippen molar-refractivity contribution in [3.63, 3.8) is 0 Å². The van der Waals surface area contributed by atoms with Gasteiger partial charge in [0.2, 0.25) is 0 Å². The highest BCUT2D eigenvalue weighted by Crippen LogP contribution is 2.36. The average Bonchev–Trinajstić information content (AvgIpc) is 3.68. The molecule has 6 nitrogen and oxygen atoms in total. The van der Waals surface area contributed by atoms with Crippen LogP contribution in [-0.2, 0) is 20.8 Å². The third kappa shape index (κ3) is 5.35. The van der Waals surface area contributed by atoms with Crippen LogP contribution in [0, 0.1) is 30.1 Å². The van der Waals surface area contributed by atoms with E-state index in [4.69, 9.17) is 14.2 Å². The monoisotopic (exact) mass is 421 g/mol. The minimum Gasteiger partial charge on any atom is -0.364 e. The smallest absolute Gasteiger partial charge is 0.177 e. The number of hydrogen-bond acceptors (Lipinski definition) is 5. The summed E-state index contributed by atoms with van der Waals surface area (Å²) in [5, 5.41) is 8.80. The predicted molar refractivity (Wildman–Crippen MR) is 116 cm³/mol. The van der Waals surface area contributed by atoms with Crippen molar-refractivity contribution >= 4 is 0 Å². The molecule has 0 radical (unpaired) electrons. The molecule has 3 fully saturated rings. The maximum absolute atomic E-state index is 6.41. The van der Waals surface area contributed by atoms with Gasteiger partial charge in [0, 0.05) is 16.9 Å². The van der Waals surface area contributed by atoms with Crippen LogP contribution in [-0.4, -0.2) is 40.6 Å². The van der Waals surface area contributed by atoms with Crippen molar-refractivity contribution in [3.05, 3.63) is 46.8 Å². The molecule has 1 aromatic heterocycles. The van der Waals surface area contributed by atoms with Crippen molar-refractivity contribution in [1.82, 2.24) is 15.0 Å². The van der Waals surface area contributed by atoms with Gasteiger partial charge in [0.15, 0.2) is 6.29 Å². The van der Waals surface area contributed by atoms with Crippen LogP contribution in [0.25, 0.3) is 0 Å². The van der Waals surface area contributed by atoms with E-state index in [-0.39, 0.29) is 17.8 Å². The lowest BCUT2D eigenvalue weighted by Gasteiger charge is -2.34. The Balaban J connectivity index is 1.35. The summed E-state index contributed by atoms with van der Waals surface area (Å²) in [6, 6.07) is 6.39. The highest BCUT2D eigenvalue weighted by Gasteiger charge is 2.32. The molecule has 5 rings (SSSR count). The summed E-state index contributed by atoms with van der Waals surface area (Å²) in [6.07, 6.45) is 6.38. The minimum atomic E-state index is -0.298. The van der Waals surface area contributed by atoms with E-state index in [1.807, 2.05) is 6.20 Å². The molecule has 31 heavy (non-hydrogen) atoms. The summed E-state index contributed by atoms with van der Waals surface area (Å²) >= 11 is 0. The molecule has 0 bridgehead atoms. The molecular weight excluding hydrogens is 390 g/mol. The molecule has 1 unspecified atom stereocenters. The molecule has 2 aromatic rings. The van der Waals surface area contributed by atoms with Gasteiger partial charge in [-0.2, -0.15) is 0 Å². The van der Waals surface area contributed by atoms with Crippen LogP contribution in [0.15, 0.2) is 24.4 Å². The molecule has 1 saturated heterocycles. The standard InChI is InChI=1S/C25H31N3O3/c1-17-4-5-19(9-8-18-6-7-18)12-21(17)24(31-20-10-11-20)22-13-28(27-26-22)14-23-29-15-25(2,3)16-30-23/h4-5,12-13,18,20,23-24H,6-7,10-11,14-16H2,1-3H3. The summed E-state index contributed by atoms with van der Waals surface area (Å²) in [6.45, 7) is 8.28. The van der Waals surface area contributed by atoms with Gasteiger partial charge >= 0.3 is 0 Å². The Bertz CT molecular complexity index is 985. The second-order valence-corrected chi connectivity index (χ2v) is 9.91. The van der Waals surface area contributed by atoms with Gasteiger partial charge in [0.1, 0.15) is 11.8 Å². The molecule has 1 aromatic carbocycles. The van der Waals surface area contributed by atoms with E-state index in [0.717, 1.165) is 29.7 Å². The molecule has 2 saturated carbocycles. The van der Waals surface area contributed by atoms with Crippen LogP contribution in [0.2, 0.25) is 0 Å². The second-order valence-electron chi connectivity index (χ2n) is 9.91. The lowest BCUT2D eigenvalue weighted by atomic mass is 9.96. The molecule has 2 heterocycles. The lowest BCUT2D eigenvalue weighted by molar-refractivity contribution is -0.227. The van der Waals surface area contributed by atoms with Gasteiger partial charge in [0.25, 0.3) is 0 Å². The predicted octanol–water partition coefficient (Wildman–Crippen LogP) is 4.02. The largest absolute Gasteiger partial charge is 0.364 e. The fourth-order valence-corrected chi connectivity index (χ4v) is 3.62. The molecule has 0 N–H and O–H groups in total. The first-order valence-electron chi connectivity index (χ1n) is 11.4. The minimum absolute atomic E-state index is 0.0537. The van der Waals surface area contributed by atoms with Crippen molar-refractivity contribution < 1.29 is 14.2 Å². The summed E-state index contributed by atoms with van der Waals surface area (Å²) in [4.78, 5) is 0. The Morgan fingerprint density at radius 1 is 1.19 bits per heavy atom. The number of aryl methyl sites for hydroxylation is 1. The zero-order chi connectivity index (χ0) is 21.4. The average molecular weight is 422 g/mol. The van der Waals surface area contributed by atoms with E-state index in [2.05, 4.69) is 61.1 Å². The van der Waals surface area contributed by atoms with Crippen LogP contribution in [0.1, 0.15) is 68.0 Å². The van der Waals surface area contributed by atoms with Crippen LogP contribution in [0.4, 0.5) is 0 Å². The molecule has 0 spiro atoms. The summed E-state index contributed by atoms with van der Waals surface area (Å²) in [5.74, 6) is 7.27. The van der Waals surface area contributed by atoms with Crippen LogP contribution < -0.4 is 0 Å². The van der Waals surface area contributed by atoms with Gasteiger partial charge in [-0.1, -0.05) is 37.0 Å². The Kier molecular flexibility index (Phi) is 5.60. The number of benzene rings is 1. The number of rotatable bonds is 6. The van der Waals surface area contributed by atoms with Gasteiger partial charge in [-0.25, -0.2) is 4.68 Å². The van der Waals surface area contributed by atoms with Gasteiger partial charge in [-0.3, -0.25) is 0 Å². The maximum atomic E-state index is 6.41. The van der Waals surface area contributed by atoms with Crippen LogP contribution >= 0.6 is 0 Å². The lowest BCUT2D eigenvalue weighted by Crippen LogP contribution is -2.39. The van der Waals surface area contributed by atoms with E-state index in [1.165, 1.54) is 18.4 Å². The third-order valence-electron chi connectivity index (χ3n) is 5.89. The zero-order valence-electron chi connectivity index (χ0n) is 18.6. The van der Waals surface area contributed by atoms with Crippen molar-refractivity contribution in [1.29, 1.82) is 0 Å². The van der Waals surface area contributed by atoms with Gasteiger partial charge < -0.3 is 14.2 Å². The summed E-state index contributed by atoms with van der Waals surface area (Å²) in [7, 11) is 0. The van der Waals surface area contributed by atoms with E-state index in [1.54, 1.807) is 4.68 Å². The Labute approximate surface area is 184 Å². The van der Waals surface area contributed by atoms with Crippen molar-refractivity contribution in [2.75, 3.05) is 13.2 Å². The number of nitrogens with zero attached hydrogens (tertiary/aromatic N) is 3. The van der Waals surface area contributed by atoms with E-state index >= 15 is 0 Å². The normalized spacial score (nSPS) is 22.0. The van der Waals surface area contributed by atoms with Gasteiger partial charge in [-0.05, 0) is 55.9 Å². The highest BCUT2D eigenvalue weighted by molar-refractivity contribution is 5.43. The van der Waals surface area contributed by atoms with Gasteiger partial charge in [0.05, 0.1) is 32.1 Å². The third-order valence-corrected chi connectivity index (χ3v) is 5.89. The molecule has 164 valence electrons.